The molecule has 1 aromatic rings. The Balaban J connectivity index is 3.33. The average Bonchev–Trinajstić information content (AvgIpc) is 2.77. The monoisotopic (exact) mass is 471 g/mol. The number of carbonyl (C=O) groups is 3. The van der Waals surface area contributed by atoms with Crippen molar-refractivity contribution >= 4 is 17.9 Å². The summed E-state index contributed by atoms with van der Waals surface area (Å²) in [6, 6.07) is 7.79. The fourth-order valence-corrected chi connectivity index (χ4v) is 3.51. The highest BCUT2D eigenvalue weighted by molar-refractivity contribution is 5.93. The third-order valence-corrected chi connectivity index (χ3v) is 5.60. The van der Waals surface area contributed by atoms with Crippen molar-refractivity contribution in [2.75, 3.05) is 6.54 Å². The van der Waals surface area contributed by atoms with Crippen LogP contribution < -0.4 is 10.6 Å². The van der Waals surface area contributed by atoms with Gasteiger partial charge in [-0.25, -0.2) is 4.79 Å². The van der Waals surface area contributed by atoms with Gasteiger partial charge < -0.3 is 15.4 Å². The van der Waals surface area contributed by atoms with E-state index in [9.17, 15) is 14.4 Å². The molecule has 3 amide bonds. The van der Waals surface area contributed by atoms with Gasteiger partial charge in [0.1, 0.15) is 17.7 Å². The van der Waals surface area contributed by atoms with Crippen LogP contribution in [0.3, 0.4) is 0 Å². The van der Waals surface area contributed by atoms with Crippen LogP contribution in [0, 0.1) is 25.3 Å². The van der Waals surface area contributed by atoms with Gasteiger partial charge in [0, 0.05) is 12.6 Å². The molecule has 7 heteroatoms. The largest absolute Gasteiger partial charge is 0.444 e. The lowest BCUT2D eigenvalue weighted by atomic mass is 9.95. The van der Waals surface area contributed by atoms with E-state index in [0.29, 0.717) is 18.5 Å². The number of unbranched alkanes of at least 4 members (excludes halogenated alkanes) is 2. The van der Waals surface area contributed by atoms with Crippen LogP contribution in [0.25, 0.3) is 0 Å². The molecule has 0 radical (unpaired) electrons. The summed E-state index contributed by atoms with van der Waals surface area (Å²) in [6.45, 7) is 13.5. The Bertz CT molecular complexity index is 869. The van der Waals surface area contributed by atoms with E-state index in [1.165, 1.54) is 0 Å². The predicted octanol–water partition coefficient (Wildman–Crippen LogP) is 4.70. The molecule has 0 aromatic heterocycles. The van der Waals surface area contributed by atoms with Gasteiger partial charge in [0.2, 0.25) is 5.91 Å². The molecule has 34 heavy (non-hydrogen) atoms. The Morgan fingerprint density at radius 1 is 1.15 bits per heavy atom. The standard InChI is InChI=1S/C27H41N3O4/c1-9-12-15-18-28-24(31)23(21-17-14-13-16-20(21)5)30(11-3)25(32)22(19(4)10-2)29-26(33)34-27(6,7)8/h3,13-14,16-17,19,22-23H,9-10,12,15,18H2,1-2,4-8H3,(H,28,31)(H,29,33). The molecular formula is C27H41N3O4. The van der Waals surface area contributed by atoms with Crippen LogP contribution in [0.4, 0.5) is 4.79 Å². The van der Waals surface area contributed by atoms with Gasteiger partial charge >= 0.3 is 6.09 Å². The summed E-state index contributed by atoms with van der Waals surface area (Å²) in [4.78, 5) is 40.6. The Labute approximate surface area is 205 Å². The minimum absolute atomic E-state index is 0.235. The van der Waals surface area contributed by atoms with Crippen molar-refractivity contribution in [1.29, 1.82) is 0 Å². The van der Waals surface area contributed by atoms with Crippen molar-refractivity contribution in [3.8, 4) is 12.5 Å². The Hall–Kier alpha value is -3.01. The molecule has 0 heterocycles. The number of ether oxygens (including phenoxy) is 1. The fraction of sp³-hybridized carbons (Fsp3) is 0.593. The molecule has 0 aliphatic carbocycles. The quantitative estimate of drug-likeness (QED) is 0.278. The molecule has 1 aromatic carbocycles. The second-order valence-electron chi connectivity index (χ2n) is 9.60. The summed E-state index contributed by atoms with van der Waals surface area (Å²) in [7, 11) is 0. The van der Waals surface area contributed by atoms with Crippen LogP contribution in [0.5, 0.6) is 0 Å². The van der Waals surface area contributed by atoms with E-state index in [-0.39, 0.29) is 11.8 Å². The van der Waals surface area contributed by atoms with Gasteiger partial charge in [0.15, 0.2) is 0 Å². The first kappa shape index (κ1) is 29.0. The van der Waals surface area contributed by atoms with Crippen LogP contribution in [-0.4, -0.2) is 41.0 Å². The molecule has 0 aliphatic rings. The molecule has 2 N–H and O–H groups in total. The van der Waals surface area contributed by atoms with Gasteiger partial charge in [-0.1, -0.05) is 70.7 Å². The highest BCUT2D eigenvalue weighted by Crippen LogP contribution is 2.26. The molecule has 0 bridgehead atoms. The summed E-state index contributed by atoms with van der Waals surface area (Å²) < 4.78 is 5.36. The number of alkyl carbamates (subject to hydrolysis) is 1. The number of aryl methyl sites for hydroxylation is 1. The maximum atomic E-state index is 13.7. The van der Waals surface area contributed by atoms with Crippen LogP contribution in [0.15, 0.2) is 24.3 Å². The van der Waals surface area contributed by atoms with Crippen molar-refractivity contribution in [3.63, 3.8) is 0 Å². The molecule has 3 unspecified atom stereocenters. The summed E-state index contributed by atoms with van der Waals surface area (Å²) in [6.07, 6.45) is 8.58. The zero-order valence-electron chi connectivity index (χ0n) is 21.7. The second-order valence-corrected chi connectivity index (χ2v) is 9.60. The number of rotatable bonds is 11. The van der Waals surface area contributed by atoms with Gasteiger partial charge in [-0.3, -0.25) is 14.5 Å². The Morgan fingerprint density at radius 3 is 2.32 bits per heavy atom. The van der Waals surface area contributed by atoms with Gasteiger partial charge in [0.25, 0.3) is 5.91 Å². The number of amides is 3. The van der Waals surface area contributed by atoms with E-state index in [2.05, 4.69) is 23.6 Å². The molecule has 0 fully saturated rings. The maximum absolute atomic E-state index is 13.7. The normalized spacial score (nSPS) is 13.7. The molecule has 0 aliphatic heterocycles. The Morgan fingerprint density at radius 2 is 1.79 bits per heavy atom. The molecule has 7 nitrogen and oxygen atoms in total. The van der Waals surface area contributed by atoms with E-state index in [0.717, 1.165) is 29.7 Å². The lowest BCUT2D eigenvalue weighted by Gasteiger charge is -2.33. The number of hydrogen-bond donors (Lipinski definition) is 2. The fourth-order valence-electron chi connectivity index (χ4n) is 3.51. The number of carbonyl (C=O) groups excluding carboxylic acids is 3. The van der Waals surface area contributed by atoms with E-state index in [4.69, 9.17) is 11.2 Å². The molecule has 188 valence electrons. The number of nitrogens with one attached hydrogen (secondary N) is 2. The molecular weight excluding hydrogens is 430 g/mol. The first-order chi connectivity index (χ1) is 16.0. The number of hydrogen-bond acceptors (Lipinski definition) is 4. The van der Waals surface area contributed by atoms with Gasteiger partial charge in [-0.15, -0.1) is 0 Å². The van der Waals surface area contributed by atoms with E-state index in [1.54, 1.807) is 26.8 Å². The van der Waals surface area contributed by atoms with Crippen LogP contribution in [0.2, 0.25) is 0 Å². The molecule has 1 rings (SSSR count). The van der Waals surface area contributed by atoms with Gasteiger partial charge in [-0.2, -0.15) is 0 Å². The SMILES string of the molecule is C#CN(C(=O)C(NC(=O)OC(C)(C)C)C(C)CC)C(C(=O)NCCCCC)c1ccccc1C. The molecule has 0 saturated carbocycles. The third-order valence-electron chi connectivity index (χ3n) is 5.60. The van der Waals surface area contributed by atoms with E-state index < -0.39 is 29.7 Å². The van der Waals surface area contributed by atoms with Gasteiger partial charge in [0.05, 0.1) is 0 Å². The maximum Gasteiger partial charge on any atom is 0.408 e. The third kappa shape index (κ3) is 8.74. The van der Waals surface area contributed by atoms with Crippen molar-refractivity contribution < 1.29 is 19.1 Å². The number of benzene rings is 1. The smallest absolute Gasteiger partial charge is 0.408 e. The van der Waals surface area contributed by atoms with E-state index in [1.807, 2.05) is 39.0 Å². The van der Waals surface area contributed by atoms with Crippen LogP contribution >= 0.6 is 0 Å². The summed E-state index contributed by atoms with van der Waals surface area (Å²) in [5.41, 5.74) is 0.757. The minimum atomic E-state index is -1.02. The van der Waals surface area contributed by atoms with Crippen molar-refractivity contribution in [3.05, 3.63) is 35.4 Å². The second kappa shape index (κ2) is 13.6. The lowest BCUT2D eigenvalue weighted by Crippen LogP contribution is -2.54. The van der Waals surface area contributed by atoms with E-state index >= 15 is 0 Å². The predicted molar refractivity (Wildman–Crippen MR) is 135 cm³/mol. The zero-order chi connectivity index (χ0) is 25.9. The summed E-state index contributed by atoms with van der Waals surface area (Å²) >= 11 is 0. The molecule has 0 saturated heterocycles. The van der Waals surface area contributed by atoms with Crippen LogP contribution in [-0.2, 0) is 14.3 Å². The average molecular weight is 472 g/mol. The minimum Gasteiger partial charge on any atom is -0.444 e. The first-order valence-corrected chi connectivity index (χ1v) is 12.1. The first-order valence-electron chi connectivity index (χ1n) is 12.1. The zero-order valence-corrected chi connectivity index (χ0v) is 21.7. The van der Waals surface area contributed by atoms with Gasteiger partial charge in [-0.05, 0) is 51.2 Å². The Kier molecular flexibility index (Phi) is 11.6. The highest BCUT2D eigenvalue weighted by Gasteiger charge is 2.38. The molecule has 3 atom stereocenters. The molecule has 0 spiro atoms. The van der Waals surface area contributed by atoms with Crippen LogP contribution in [0.1, 0.15) is 84.4 Å². The number of nitrogens with zero attached hydrogens (tertiary/aromatic N) is 1. The topological polar surface area (TPSA) is 87.7 Å². The van der Waals surface area contributed by atoms with Crippen molar-refractivity contribution in [2.24, 2.45) is 5.92 Å². The summed E-state index contributed by atoms with van der Waals surface area (Å²) in [5.74, 6) is -1.11. The van der Waals surface area contributed by atoms with Crippen molar-refractivity contribution in [1.82, 2.24) is 15.5 Å². The lowest BCUT2D eigenvalue weighted by molar-refractivity contribution is -0.139. The van der Waals surface area contributed by atoms with Crippen molar-refractivity contribution in [2.45, 2.75) is 91.8 Å². The summed E-state index contributed by atoms with van der Waals surface area (Å²) in [5, 5.41) is 5.61. The highest BCUT2D eigenvalue weighted by atomic mass is 16.6. The number of terminal acetylenes is 1.